The second-order valence-electron chi connectivity index (χ2n) is 4.91. The summed E-state index contributed by atoms with van der Waals surface area (Å²) in [5.41, 5.74) is -0.455. The zero-order chi connectivity index (χ0) is 11.5. The quantitative estimate of drug-likeness (QED) is 0.520. The molecule has 3 nitrogen and oxygen atoms in total. The molecule has 1 saturated heterocycles. The van der Waals surface area contributed by atoms with Gasteiger partial charge in [0.2, 0.25) is 0 Å². The first-order chi connectivity index (χ1) is 6.95. The van der Waals surface area contributed by atoms with Crippen molar-refractivity contribution in [2.45, 2.75) is 45.8 Å². The van der Waals surface area contributed by atoms with Gasteiger partial charge in [0.25, 0.3) is 0 Å². The molecule has 0 bridgehead atoms. The molecule has 3 heteroatoms. The van der Waals surface area contributed by atoms with Crippen molar-refractivity contribution in [3.63, 3.8) is 0 Å². The molecule has 0 aliphatic carbocycles. The Hall–Kier alpha value is -0.830. The van der Waals surface area contributed by atoms with E-state index in [1.165, 1.54) is 0 Å². The van der Waals surface area contributed by atoms with Crippen LogP contribution in [0, 0.1) is 5.41 Å². The highest BCUT2D eigenvalue weighted by molar-refractivity contribution is 5.75. The van der Waals surface area contributed by atoms with E-state index in [1.54, 1.807) is 6.08 Å². The Morgan fingerprint density at radius 3 is 2.73 bits per heavy atom. The fourth-order valence-electron chi connectivity index (χ4n) is 1.44. The molecule has 0 aromatic carbocycles. The highest BCUT2D eigenvalue weighted by Gasteiger charge is 2.31. The molecule has 0 spiro atoms. The third-order valence-corrected chi connectivity index (χ3v) is 2.41. The van der Waals surface area contributed by atoms with E-state index in [1.807, 2.05) is 20.8 Å². The van der Waals surface area contributed by atoms with Crippen molar-refractivity contribution in [3.05, 3.63) is 12.7 Å². The summed E-state index contributed by atoms with van der Waals surface area (Å²) in [6.45, 7) is 9.96. The first kappa shape index (κ1) is 12.2. The molecular formula is C12H20O3. The number of hydrogen-bond acceptors (Lipinski definition) is 3. The van der Waals surface area contributed by atoms with Crippen LogP contribution in [0.4, 0.5) is 0 Å². The lowest BCUT2D eigenvalue weighted by Crippen LogP contribution is -2.39. The summed E-state index contributed by atoms with van der Waals surface area (Å²) in [6.07, 6.45) is 3.19. The average molecular weight is 212 g/mol. The molecule has 0 saturated carbocycles. The molecule has 1 aliphatic heterocycles. The minimum atomic E-state index is -0.455. The molecule has 0 aromatic rings. The van der Waals surface area contributed by atoms with Crippen LogP contribution in [0.5, 0.6) is 0 Å². The van der Waals surface area contributed by atoms with Gasteiger partial charge in [-0.1, -0.05) is 6.08 Å². The lowest BCUT2D eigenvalue weighted by atomic mass is 9.96. The standard InChI is InChI=1S/C12H20O3/c1-5-9-10(7-6-8-14-9)15-11(13)12(2,3)4/h5,9-10H,1,6-8H2,2-4H3/t9-,10-/m0/s1. The van der Waals surface area contributed by atoms with Crippen molar-refractivity contribution in [2.75, 3.05) is 6.61 Å². The van der Waals surface area contributed by atoms with Crippen molar-refractivity contribution in [2.24, 2.45) is 5.41 Å². The minimum Gasteiger partial charge on any atom is -0.459 e. The van der Waals surface area contributed by atoms with E-state index in [4.69, 9.17) is 9.47 Å². The smallest absolute Gasteiger partial charge is 0.311 e. The SMILES string of the molecule is C=C[C@@H]1OCCC[C@@H]1OC(=O)C(C)(C)C. The molecular weight excluding hydrogens is 192 g/mol. The van der Waals surface area contributed by atoms with Gasteiger partial charge in [-0.05, 0) is 33.6 Å². The first-order valence-corrected chi connectivity index (χ1v) is 5.40. The molecule has 0 radical (unpaired) electrons. The monoisotopic (exact) mass is 212 g/mol. The second-order valence-corrected chi connectivity index (χ2v) is 4.91. The summed E-state index contributed by atoms with van der Waals surface area (Å²) < 4.78 is 10.9. The highest BCUT2D eigenvalue weighted by atomic mass is 16.6. The van der Waals surface area contributed by atoms with E-state index in [0.29, 0.717) is 0 Å². The Kier molecular flexibility index (Phi) is 3.91. The molecule has 86 valence electrons. The van der Waals surface area contributed by atoms with Gasteiger partial charge in [0.1, 0.15) is 12.2 Å². The van der Waals surface area contributed by atoms with Gasteiger partial charge in [0.05, 0.1) is 5.41 Å². The Bertz CT molecular complexity index is 240. The molecule has 15 heavy (non-hydrogen) atoms. The molecule has 1 heterocycles. The van der Waals surface area contributed by atoms with Gasteiger partial charge in [0.15, 0.2) is 0 Å². The van der Waals surface area contributed by atoms with Crippen molar-refractivity contribution >= 4 is 5.97 Å². The predicted molar refractivity (Wildman–Crippen MR) is 58.5 cm³/mol. The maximum atomic E-state index is 11.7. The largest absolute Gasteiger partial charge is 0.459 e. The van der Waals surface area contributed by atoms with Gasteiger partial charge in [0, 0.05) is 6.61 Å². The summed E-state index contributed by atoms with van der Waals surface area (Å²) in [5.74, 6) is -0.176. The number of ether oxygens (including phenoxy) is 2. The maximum Gasteiger partial charge on any atom is 0.311 e. The van der Waals surface area contributed by atoms with Gasteiger partial charge < -0.3 is 9.47 Å². The summed E-state index contributed by atoms with van der Waals surface area (Å²) in [6, 6.07) is 0. The van der Waals surface area contributed by atoms with Gasteiger partial charge in [-0.3, -0.25) is 4.79 Å². The Morgan fingerprint density at radius 2 is 2.20 bits per heavy atom. The molecule has 0 N–H and O–H groups in total. The van der Waals surface area contributed by atoms with Crippen LogP contribution in [0.2, 0.25) is 0 Å². The van der Waals surface area contributed by atoms with Crippen LogP contribution < -0.4 is 0 Å². The molecule has 0 unspecified atom stereocenters. The molecule has 1 rings (SSSR count). The van der Waals surface area contributed by atoms with E-state index < -0.39 is 5.41 Å². The summed E-state index contributed by atoms with van der Waals surface area (Å²) in [4.78, 5) is 11.7. The molecule has 0 amide bonds. The normalized spacial score (nSPS) is 27.1. The highest BCUT2D eigenvalue weighted by Crippen LogP contribution is 2.23. The number of carbonyl (C=O) groups excluding carboxylic acids is 1. The lowest BCUT2D eigenvalue weighted by Gasteiger charge is -2.31. The fraction of sp³-hybridized carbons (Fsp3) is 0.750. The van der Waals surface area contributed by atoms with Crippen molar-refractivity contribution < 1.29 is 14.3 Å². The van der Waals surface area contributed by atoms with E-state index in [-0.39, 0.29) is 18.2 Å². The predicted octanol–water partition coefficient (Wildman–Crippen LogP) is 2.31. The first-order valence-electron chi connectivity index (χ1n) is 5.40. The molecule has 2 atom stereocenters. The number of esters is 1. The van der Waals surface area contributed by atoms with Gasteiger partial charge >= 0.3 is 5.97 Å². The van der Waals surface area contributed by atoms with Crippen LogP contribution in [0.25, 0.3) is 0 Å². The van der Waals surface area contributed by atoms with Gasteiger partial charge in [-0.15, -0.1) is 6.58 Å². The van der Waals surface area contributed by atoms with Crippen molar-refractivity contribution in [1.82, 2.24) is 0 Å². The Labute approximate surface area is 91.4 Å². The van der Waals surface area contributed by atoms with Crippen molar-refractivity contribution in [1.29, 1.82) is 0 Å². The van der Waals surface area contributed by atoms with E-state index in [0.717, 1.165) is 19.4 Å². The molecule has 0 aromatic heterocycles. The van der Waals surface area contributed by atoms with Crippen molar-refractivity contribution in [3.8, 4) is 0 Å². The van der Waals surface area contributed by atoms with E-state index in [2.05, 4.69) is 6.58 Å². The molecule has 1 aliphatic rings. The van der Waals surface area contributed by atoms with E-state index in [9.17, 15) is 4.79 Å². The van der Waals surface area contributed by atoms with Gasteiger partial charge in [-0.2, -0.15) is 0 Å². The van der Waals surface area contributed by atoms with Crippen LogP contribution in [0.3, 0.4) is 0 Å². The number of rotatable bonds is 2. The zero-order valence-electron chi connectivity index (χ0n) is 9.79. The third-order valence-electron chi connectivity index (χ3n) is 2.41. The van der Waals surface area contributed by atoms with Crippen LogP contribution in [-0.2, 0) is 14.3 Å². The third kappa shape index (κ3) is 3.34. The lowest BCUT2D eigenvalue weighted by molar-refractivity contribution is -0.169. The fourth-order valence-corrected chi connectivity index (χ4v) is 1.44. The molecule has 1 fully saturated rings. The van der Waals surface area contributed by atoms with E-state index >= 15 is 0 Å². The second kappa shape index (κ2) is 4.79. The number of carbonyl (C=O) groups is 1. The number of hydrogen-bond donors (Lipinski definition) is 0. The summed E-state index contributed by atoms with van der Waals surface area (Å²) in [7, 11) is 0. The summed E-state index contributed by atoms with van der Waals surface area (Å²) in [5, 5.41) is 0. The Morgan fingerprint density at radius 1 is 1.53 bits per heavy atom. The average Bonchev–Trinajstić information content (AvgIpc) is 2.17. The summed E-state index contributed by atoms with van der Waals surface area (Å²) >= 11 is 0. The van der Waals surface area contributed by atoms with Gasteiger partial charge in [-0.25, -0.2) is 0 Å². The maximum absolute atomic E-state index is 11.7. The van der Waals surface area contributed by atoms with Crippen LogP contribution in [0.1, 0.15) is 33.6 Å². The minimum absolute atomic E-state index is 0.148. The van der Waals surface area contributed by atoms with Crippen LogP contribution in [0.15, 0.2) is 12.7 Å². The Balaban J connectivity index is 2.55. The van der Waals surface area contributed by atoms with Crippen LogP contribution >= 0.6 is 0 Å². The van der Waals surface area contributed by atoms with Crippen LogP contribution in [-0.4, -0.2) is 24.8 Å². The topological polar surface area (TPSA) is 35.5 Å². The zero-order valence-corrected chi connectivity index (χ0v) is 9.79.